The largest absolute Gasteiger partial charge is 0.353 e. The highest BCUT2D eigenvalue weighted by Crippen LogP contribution is 2.33. The van der Waals surface area contributed by atoms with E-state index in [-0.39, 0.29) is 24.0 Å². The number of hydrogen-bond donors (Lipinski definition) is 1. The van der Waals surface area contributed by atoms with Gasteiger partial charge in [-0.3, -0.25) is 4.99 Å². The maximum Gasteiger partial charge on any atom is 0.193 e. The number of aromatic nitrogens is 1. The van der Waals surface area contributed by atoms with Crippen LogP contribution in [0.3, 0.4) is 0 Å². The molecule has 1 aliphatic rings. The second kappa shape index (κ2) is 8.55. The van der Waals surface area contributed by atoms with Crippen LogP contribution in [0, 0.1) is 5.92 Å². The van der Waals surface area contributed by atoms with Gasteiger partial charge in [0.15, 0.2) is 5.96 Å². The SMILES string of the molecule is CN=C(NC1CC1Cc1ccccc1)N(C)Cc1cccn1C.I. The van der Waals surface area contributed by atoms with Crippen LogP contribution in [0.5, 0.6) is 0 Å². The molecule has 2 atom stereocenters. The second-order valence-electron chi connectivity index (χ2n) is 6.45. The molecule has 1 aromatic heterocycles. The molecule has 130 valence electrons. The van der Waals surface area contributed by atoms with Crippen LogP contribution in [0.25, 0.3) is 0 Å². The molecule has 4 nitrogen and oxygen atoms in total. The third kappa shape index (κ3) is 4.75. The van der Waals surface area contributed by atoms with E-state index in [0.29, 0.717) is 6.04 Å². The monoisotopic (exact) mass is 438 g/mol. The van der Waals surface area contributed by atoms with Crippen molar-refractivity contribution in [2.75, 3.05) is 14.1 Å². The Kier molecular flexibility index (Phi) is 6.71. The van der Waals surface area contributed by atoms with Crippen LogP contribution >= 0.6 is 24.0 Å². The highest BCUT2D eigenvalue weighted by atomic mass is 127. The molecule has 5 heteroatoms. The van der Waals surface area contributed by atoms with Crippen molar-refractivity contribution in [1.82, 2.24) is 14.8 Å². The Morgan fingerprint density at radius 2 is 2.00 bits per heavy atom. The third-order valence-electron chi connectivity index (χ3n) is 4.60. The summed E-state index contributed by atoms with van der Waals surface area (Å²) in [5, 5.41) is 3.61. The molecule has 1 fully saturated rings. The summed E-state index contributed by atoms with van der Waals surface area (Å²) in [4.78, 5) is 6.63. The Bertz CT molecular complexity index is 665. The van der Waals surface area contributed by atoms with Crippen molar-refractivity contribution >= 4 is 29.9 Å². The highest BCUT2D eigenvalue weighted by Gasteiger charge is 2.37. The Hall–Kier alpha value is -1.50. The molecule has 1 heterocycles. The van der Waals surface area contributed by atoms with Crippen molar-refractivity contribution in [3.05, 3.63) is 59.9 Å². The zero-order chi connectivity index (χ0) is 16.2. The van der Waals surface area contributed by atoms with Gasteiger partial charge in [-0.2, -0.15) is 0 Å². The summed E-state index contributed by atoms with van der Waals surface area (Å²) in [5.74, 6) is 1.70. The summed E-state index contributed by atoms with van der Waals surface area (Å²) < 4.78 is 2.15. The van der Waals surface area contributed by atoms with E-state index in [1.165, 1.54) is 17.7 Å². The minimum Gasteiger partial charge on any atom is -0.353 e. The first kappa shape index (κ1) is 18.8. The summed E-state index contributed by atoms with van der Waals surface area (Å²) in [5.41, 5.74) is 2.71. The molecule has 0 spiro atoms. The molecule has 0 amide bonds. The van der Waals surface area contributed by atoms with Gasteiger partial charge in [-0.15, -0.1) is 24.0 Å². The predicted molar refractivity (Wildman–Crippen MR) is 111 cm³/mol. The van der Waals surface area contributed by atoms with E-state index in [1.54, 1.807) is 0 Å². The molecule has 2 unspecified atom stereocenters. The number of aliphatic imine (C=N–C) groups is 1. The average molecular weight is 438 g/mol. The quantitative estimate of drug-likeness (QED) is 0.442. The van der Waals surface area contributed by atoms with E-state index in [9.17, 15) is 0 Å². The average Bonchev–Trinajstić information content (AvgIpc) is 3.16. The standard InChI is InChI=1S/C19H26N4.HI/c1-20-19(23(3)14-17-10-7-11-22(17)2)21-18-13-16(18)12-15-8-5-4-6-9-15;/h4-11,16,18H,12-14H2,1-3H3,(H,20,21);1H. The fourth-order valence-corrected chi connectivity index (χ4v) is 3.06. The fourth-order valence-electron chi connectivity index (χ4n) is 3.06. The van der Waals surface area contributed by atoms with Gasteiger partial charge in [0.1, 0.15) is 0 Å². The molecule has 0 radical (unpaired) electrons. The van der Waals surface area contributed by atoms with Crippen molar-refractivity contribution < 1.29 is 0 Å². The van der Waals surface area contributed by atoms with Crippen molar-refractivity contribution in [2.24, 2.45) is 18.0 Å². The number of guanidine groups is 1. The lowest BCUT2D eigenvalue weighted by atomic mass is 10.1. The Morgan fingerprint density at radius 3 is 2.62 bits per heavy atom. The topological polar surface area (TPSA) is 32.6 Å². The lowest BCUT2D eigenvalue weighted by Gasteiger charge is -2.22. The molecule has 1 saturated carbocycles. The van der Waals surface area contributed by atoms with Gasteiger partial charge in [-0.1, -0.05) is 30.3 Å². The van der Waals surface area contributed by atoms with Gasteiger partial charge in [0.05, 0.1) is 6.54 Å². The van der Waals surface area contributed by atoms with Crippen LogP contribution < -0.4 is 5.32 Å². The third-order valence-corrected chi connectivity index (χ3v) is 4.60. The molecular weight excluding hydrogens is 411 g/mol. The number of nitrogens with one attached hydrogen (secondary N) is 1. The fraction of sp³-hybridized carbons (Fsp3) is 0.421. The van der Waals surface area contributed by atoms with Crippen LogP contribution in [0.1, 0.15) is 17.7 Å². The van der Waals surface area contributed by atoms with Gasteiger partial charge in [0.2, 0.25) is 0 Å². The van der Waals surface area contributed by atoms with Crippen LogP contribution in [0.4, 0.5) is 0 Å². The summed E-state index contributed by atoms with van der Waals surface area (Å²) in [6, 6.07) is 15.5. The van der Waals surface area contributed by atoms with Crippen LogP contribution in [-0.2, 0) is 20.0 Å². The number of aryl methyl sites for hydroxylation is 1. The number of nitrogens with zero attached hydrogens (tertiary/aromatic N) is 3. The molecule has 2 aromatic rings. The van der Waals surface area contributed by atoms with Gasteiger partial charge < -0.3 is 14.8 Å². The lowest BCUT2D eigenvalue weighted by molar-refractivity contribution is 0.459. The van der Waals surface area contributed by atoms with E-state index >= 15 is 0 Å². The van der Waals surface area contributed by atoms with Crippen LogP contribution in [0.2, 0.25) is 0 Å². The summed E-state index contributed by atoms with van der Waals surface area (Å²) in [6.07, 6.45) is 4.46. The van der Waals surface area contributed by atoms with Gasteiger partial charge in [0, 0.05) is 39.1 Å². The molecule has 24 heavy (non-hydrogen) atoms. The predicted octanol–water partition coefficient (Wildman–Crippen LogP) is 3.28. The van der Waals surface area contributed by atoms with Gasteiger partial charge in [0.25, 0.3) is 0 Å². The van der Waals surface area contributed by atoms with Gasteiger partial charge >= 0.3 is 0 Å². The molecule has 3 rings (SSSR count). The maximum atomic E-state index is 4.44. The van der Waals surface area contributed by atoms with E-state index in [0.717, 1.165) is 24.8 Å². The highest BCUT2D eigenvalue weighted by molar-refractivity contribution is 14.0. The minimum atomic E-state index is 0. The smallest absolute Gasteiger partial charge is 0.193 e. The van der Waals surface area contributed by atoms with E-state index in [2.05, 4.69) is 82.5 Å². The maximum absolute atomic E-state index is 4.44. The Morgan fingerprint density at radius 1 is 1.25 bits per heavy atom. The molecular formula is C19H27IN4. The second-order valence-corrected chi connectivity index (χ2v) is 6.45. The lowest BCUT2D eigenvalue weighted by Crippen LogP contribution is -2.40. The first-order valence-electron chi connectivity index (χ1n) is 8.26. The zero-order valence-corrected chi connectivity index (χ0v) is 17.0. The normalized spacial score (nSPS) is 19.5. The first-order chi connectivity index (χ1) is 11.2. The van der Waals surface area contributed by atoms with E-state index in [1.807, 2.05) is 7.05 Å². The molecule has 1 N–H and O–H groups in total. The molecule has 1 aliphatic carbocycles. The Balaban J connectivity index is 0.00000208. The number of halogens is 1. The summed E-state index contributed by atoms with van der Waals surface area (Å²) >= 11 is 0. The van der Waals surface area contributed by atoms with E-state index < -0.39 is 0 Å². The number of rotatable bonds is 5. The first-order valence-corrected chi connectivity index (χ1v) is 8.26. The number of benzene rings is 1. The molecule has 0 saturated heterocycles. The van der Waals surface area contributed by atoms with Crippen molar-refractivity contribution in [3.63, 3.8) is 0 Å². The van der Waals surface area contributed by atoms with Crippen LogP contribution in [-0.4, -0.2) is 35.6 Å². The van der Waals surface area contributed by atoms with Crippen molar-refractivity contribution in [2.45, 2.75) is 25.4 Å². The van der Waals surface area contributed by atoms with Crippen molar-refractivity contribution in [3.8, 4) is 0 Å². The zero-order valence-electron chi connectivity index (χ0n) is 14.6. The summed E-state index contributed by atoms with van der Waals surface area (Å²) in [6.45, 7) is 0.860. The summed E-state index contributed by atoms with van der Waals surface area (Å²) in [7, 11) is 6.03. The van der Waals surface area contributed by atoms with E-state index in [4.69, 9.17) is 0 Å². The van der Waals surface area contributed by atoms with Gasteiger partial charge in [-0.05, 0) is 36.5 Å². The Labute approximate surface area is 162 Å². The van der Waals surface area contributed by atoms with Crippen LogP contribution in [0.15, 0.2) is 53.7 Å². The number of hydrogen-bond acceptors (Lipinski definition) is 1. The van der Waals surface area contributed by atoms with Gasteiger partial charge in [-0.25, -0.2) is 0 Å². The molecule has 1 aromatic carbocycles. The molecule has 0 bridgehead atoms. The molecule has 0 aliphatic heterocycles. The minimum absolute atomic E-state index is 0. The van der Waals surface area contributed by atoms with Crippen molar-refractivity contribution in [1.29, 1.82) is 0 Å².